The first kappa shape index (κ1) is 23.8. The topological polar surface area (TPSA) is 159 Å². The standard InChI is InChI=1S/C24H23N5O6S/c1-10-4-5-13(6-27(10)8-15(25)31)21(32)18-23-28(9-26-18)7-14(36-23)16-11(2)19-17(12(3)30)22(33)29(19)20(16)24(34)35/h4-7,9,11-12,17,19,30H,8H2,1-3H3,(H2-,25,31,34,35)/p+1/t11-,12+,17+,19+/m0/s1. The van der Waals surface area contributed by atoms with E-state index >= 15 is 0 Å². The maximum absolute atomic E-state index is 13.3. The summed E-state index contributed by atoms with van der Waals surface area (Å²) in [6, 6.07) is 2.92. The molecule has 11 nitrogen and oxygen atoms in total. The van der Waals surface area contributed by atoms with Crippen LogP contribution in [0.25, 0.3) is 10.4 Å². The van der Waals surface area contributed by atoms with Gasteiger partial charge in [0.2, 0.25) is 18.2 Å². The summed E-state index contributed by atoms with van der Waals surface area (Å²) in [5, 5.41) is 20.0. The highest BCUT2D eigenvalue weighted by molar-refractivity contribution is 7.18. The van der Waals surface area contributed by atoms with Crippen molar-refractivity contribution in [2.24, 2.45) is 17.6 Å². The summed E-state index contributed by atoms with van der Waals surface area (Å²) in [6.07, 6.45) is 3.84. The Bertz CT molecular complexity index is 1500. The molecule has 0 aromatic carbocycles. The largest absolute Gasteiger partial charge is 0.477 e. The first-order chi connectivity index (χ1) is 17.0. The molecule has 4 atom stereocenters. The van der Waals surface area contributed by atoms with Crippen LogP contribution in [0.5, 0.6) is 0 Å². The number of hydrogen-bond donors (Lipinski definition) is 3. The van der Waals surface area contributed by atoms with E-state index in [0.717, 1.165) is 5.69 Å². The lowest BCUT2D eigenvalue weighted by molar-refractivity contribution is -0.690. The normalized spacial score (nSPS) is 22.1. The number of aliphatic hydroxyl groups excluding tert-OH is 1. The number of carboxylic acids is 1. The zero-order chi connectivity index (χ0) is 26.0. The number of carbonyl (C=O) groups excluding carboxylic acids is 3. The second-order valence-corrected chi connectivity index (χ2v) is 10.2. The molecule has 3 aromatic rings. The average Bonchev–Trinajstić information content (AvgIpc) is 3.44. The van der Waals surface area contributed by atoms with Crippen LogP contribution in [0.3, 0.4) is 0 Å². The van der Waals surface area contributed by atoms with Crippen molar-refractivity contribution >= 4 is 45.3 Å². The molecule has 1 fully saturated rings. The van der Waals surface area contributed by atoms with E-state index < -0.39 is 35.8 Å². The number of amides is 2. The highest BCUT2D eigenvalue weighted by Gasteiger charge is 2.60. The van der Waals surface area contributed by atoms with E-state index in [-0.39, 0.29) is 29.6 Å². The molecule has 0 bridgehead atoms. The van der Waals surface area contributed by atoms with Crippen molar-refractivity contribution in [2.75, 3.05) is 0 Å². The van der Waals surface area contributed by atoms with Gasteiger partial charge >= 0.3 is 5.97 Å². The molecule has 3 aromatic heterocycles. The third kappa shape index (κ3) is 3.44. The monoisotopic (exact) mass is 510 g/mol. The second-order valence-electron chi connectivity index (χ2n) is 9.20. The molecule has 0 radical (unpaired) electrons. The van der Waals surface area contributed by atoms with Crippen molar-refractivity contribution in [3.8, 4) is 0 Å². The molecule has 0 saturated carbocycles. The van der Waals surface area contributed by atoms with Gasteiger partial charge in [0.25, 0.3) is 5.91 Å². The van der Waals surface area contributed by atoms with Crippen molar-refractivity contribution in [1.29, 1.82) is 0 Å². The number of rotatable bonds is 7. The van der Waals surface area contributed by atoms with Crippen LogP contribution in [-0.2, 0) is 20.9 Å². The first-order valence-electron chi connectivity index (χ1n) is 11.3. The number of aromatic nitrogens is 3. The summed E-state index contributed by atoms with van der Waals surface area (Å²) in [4.78, 5) is 56.2. The molecule has 2 amide bonds. The van der Waals surface area contributed by atoms with E-state index in [2.05, 4.69) is 4.98 Å². The maximum Gasteiger partial charge on any atom is 0.352 e. The minimum Gasteiger partial charge on any atom is -0.477 e. The van der Waals surface area contributed by atoms with E-state index in [1.807, 2.05) is 6.92 Å². The smallest absolute Gasteiger partial charge is 0.352 e. The van der Waals surface area contributed by atoms with Gasteiger partial charge < -0.3 is 20.8 Å². The van der Waals surface area contributed by atoms with Crippen molar-refractivity contribution in [1.82, 2.24) is 14.3 Å². The third-order valence-corrected chi connectivity index (χ3v) is 8.05. The van der Waals surface area contributed by atoms with Gasteiger partial charge in [-0.3, -0.25) is 18.8 Å². The van der Waals surface area contributed by atoms with Crippen molar-refractivity contribution in [3.05, 3.63) is 58.4 Å². The molecule has 1 saturated heterocycles. The maximum atomic E-state index is 13.3. The van der Waals surface area contributed by atoms with Crippen LogP contribution in [0.1, 0.15) is 40.5 Å². The number of aliphatic carboxylic acids is 1. The molecular formula is C24H24N5O6S+. The lowest BCUT2D eigenvalue weighted by atomic mass is 9.77. The lowest BCUT2D eigenvalue weighted by Gasteiger charge is -2.46. The van der Waals surface area contributed by atoms with Gasteiger partial charge in [-0.2, -0.15) is 4.57 Å². The van der Waals surface area contributed by atoms with E-state index in [1.165, 1.54) is 29.5 Å². The number of nitrogens with zero attached hydrogens (tertiary/aromatic N) is 4. The number of hydrogen-bond acceptors (Lipinski definition) is 7. The minimum absolute atomic E-state index is 0.0669. The molecule has 0 unspecified atom stereocenters. The number of primary amides is 1. The Balaban J connectivity index is 1.55. The summed E-state index contributed by atoms with van der Waals surface area (Å²) in [5.41, 5.74) is 6.98. The summed E-state index contributed by atoms with van der Waals surface area (Å²) >= 11 is 1.21. The van der Waals surface area contributed by atoms with E-state index in [4.69, 9.17) is 5.73 Å². The number of aryl methyl sites for hydroxylation is 1. The predicted molar refractivity (Wildman–Crippen MR) is 127 cm³/mol. The minimum atomic E-state index is -1.22. The van der Waals surface area contributed by atoms with Gasteiger partial charge in [-0.05, 0) is 13.0 Å². The van der Waals surface area contributed by atoms with Gasteiger partial charge in [0.05, 0.1) is 28.5 Å². The van der Waals surface area contributed by atoms with Crippen LogP contribution in [0, 0.1) is 18.8 Å². The van der Waals surface area contributed by atoms with E-state index in [0.29, 0.717) is 20.8 Å². The van der Waals surface area contributed by atoms with Gasteiger partial charge in [0.1, 0.15) is 22.5 Å². The number of pyridine rings is 1. The lowest BCUT2D eigenvalue weighted by Crippen LogP contribution is -2.63. The van der Waals surface area contributed by atoms with Crippen LogP contribution in [0.2, 0.25) is 0 Å². The molecule has 2 aliphatic heterocycles. The van der Waals surface area contributed by atoms with E-state index in [1.54, 1.807) is 40.4 Å². The Morgan fingerprint density at radius 2 is 2.03 bits per heavy atom. The van der Waals surface area contributed by atoms with Crippen LogP contribution in [0.4, 0.5) is 0 Å². The molecule has 12 heteroatoms. The number of nitrogens with two attached hydrogens (primary N) is 1. The molecule has 0 spiro atoms. The van der Waals surface area contributed by atoms with E-state index in [9.17, 15) is 29.4 Å². The van der Waals surface area contributed by atoms with Crippen molar-refractivity contribution in [3.63, 3.8) is 0 Å². The number of carboxylic acid groups (broad SMARTS) is 1. The number of imidazole rings is 1. The Morgan fingerprint density at radius 3 is 2.67 bits per heavy atom. The number of fused-ring (bicyclic) bond motifs is 2. The zero-order valence-electron chi connectivity index (χ0n) is 19.7. The fraction of sp³-hybridized carbons (Fsp3) is 0.333. The van der Waals surface area contributed by atoms with Gasteiger partial charge in [0, 0.05) is 30.7 Å². The van der Waals surface area contributed by atoms with Crippen LogP contribution in [-0.4, -0.2) is 60.2 Å². The SMILES string of the molecule is Cc1ccc(C(=O)c2ncn3cc(C4=C(C(=O)O)N5C(=O)[C@H]([C@@H](C)O)[C@H]5[C@H]4C)sc23)c[n+]1CC(N)=O. The quantitative estimate of drug-likeness (QED) is 0.235. The first-order valence-corrected chi connectivity index (χ1v) is 12.1. The Morgan fingerprint density at radius 1 is 1.31 bits per heavy atom. The summed E-state index contributed by atoms with van der Waals surface area (Å²) in [5.74, 6) is -3.50. The molecule has 4 N–H and O–H groups in total. The Labute approximate surface area is 209 Å². The number of ketones is 1. The van der Waals surface area contributed by atoms with Crippen molar-refractivity contribution in [2.45, 2.75) is 39.5 Å². The zero-order valence-corrected chi connectivity index (χ0v) is 20.5. The molecule has 0 aliphatic carbocycles. The average molecular weight is 511 g/mol. The predicted octanol–water partition coefficient (Wildman–Crippen LogP) is 0.361. The third-order valence-electron chi connectivity index (χ3n) is 6.91. The molecular weight excluding hydrogens is 486 g/mol. The fourth-order valence-corrected chi connectivity index (χ4v) is 6.42. The van der Waals surface area contributed by atoms with Gasteiger partial charge in [0.15, 0.2) is 11.9 Å². The summed E-state index contributed by atoms with van der Waals surface area (Å²) < 4.78 is 3.24. The Hall–Kier alpha value is -3.90. The highest BCUT2D eigenvalue weighted by Crippen LogP contribution is 2.51. The number of carbonyl (C=O) groups is 4. The molecule has 36 heavy (non-hydrogen) atoms. The highest BCUT2D eigenvalue weighted by atomic mass is 32.1. The number of aliphatic hydroxyl groups is 1. The van der Waals surface area contributed by atoms with Gasteiger partial charge in [-0.1, -0.05) is 6.92 Å². The number of thiazole rings is 1. The Kier molecular flexibility index (Phi) is 5.52. The van der Waals surface area contributed by atoms with Crippen LogP contribution in [0.15, 0.2) is 36.6 Å². The second kappa shape index (κ2) is 8.35. The van der Waals surface area contributed by atoms with Crippen molar-refractivity contribution < 1.29 is 34.0 Å². The van der Waals surface area contributed by atoms with Crippen LogP contribution >= 0.6 is 11.3 Å². The van der Waals surface area contributed by atoms with Crippen LogP contribution < -0.4 is 10.3 Å². The summed E-state index contributed by atoms with van der Waals surface area (Å²) in [7, 11) is 0. The number of β-lactam (4-membered cyclic amide) rings is 1. The molecule has 5 heterocycles. The molecule has 2 aliphatic rings. The van der Waals surface area contributed by atoms with Gasteiger partial charge in [-0.15, -0.1) is 11.3 Å². The van der Waals surface area contributed by atoms with Gasteiger partial charge in [-0.25, -0.2) is 9.78 Å². The summed E-state index contributed by atoms with van der Waals surface area (Å²) in [6.45, 7) is 5.10. The molecule has 5 rings (SSSR count). The fourth-order valence-electron chi connectivity index (χ4n) is 5.20. The molecule has 186 valence electrons.